The normalized spacial score (nSPS) is 13.2. The molecule has 28 heavy (non-hydrogen) atoms. The number of amides is 1. The van der Waals surface area contributed by atoms with Gasteiger partial charge < -0.3 is 5.32 Å². The van der Waals surface area contributed by atoms with Crippen molar-refractivity contribution in [2.75, 3.05) is 5.32 Å². The van der Waals surface area contributed by atoms with Gasteiger partial charge in [-0.05, 0) is 66.8 Å². The Bertz CT molecular complexity index is 1030. The van der Waals surface area contributed by atoms with Crippen LogP contribution in [0.2, 0.25) is 0 Å². The van der Waals surface area contributed by atoms with Crippen LogP contribution >= 0.6 is 0 Å². The van der Waals surface area contributed by atoms with E-state index in [0.29, 0.717) is 22.5 Å². The SMILES string of the molecule is O=C(Nc1ccc2c(c1)CCC2)c1cccnc1-c1ccc(C(F)(F)F)cc1. The summed E-state index contributed by atoms with van der Waals surface area (Å²) in [6, 6.07) is 13.8. The molecule has 142 valence electrons. The monoisotopic (exact) mass is 382 g/mol. The fraction of sp³-hybridized carbons (Fsp3) is 0.182. The van der Waals surface area contributed by atoms with Gasteiger partial charge in [-0.15, -0.1) is 0 Å². The zero-order valence-corrected chi connectivity index (χ0v) is 14.9. The number of anilines is 1. The number of benzene rings is 2. The molecule has 1 amide bonds. The topological polar surface area (TPSA) is 42.0 Å². The van der Waals surface area contributed by atoms with Gasteiger partial charge >= 0.3 is 6.18 Å². The molecule has 1 aromatic heterocycles. The van der Waals surface area contributed by atoms with Crippen LogP contribution in [0, 0.1) is 0 Å². The summed E-state index contributed by atoms with van der Waals surface area (Å²) < 4.78 is 38.4. The van der Waals surface area contributed by atoms with Gasteiger partial charge in [-0.1, -0.05) is 18.2 Å². The number of carbonyl (C=O) groups excluding carboxylic acids is 1. The molecule has 3 aromatic rings. The number of fused-ring (bicyclic) bond motifs is 1. The van der Waals surface area contributed by atoms with Crippen molar-refractivity contribution in [2.45, 2.75) is 25.4 Å². The van der Waals surface area contributed by atoms with Crippen molar-refractivity contribution in [3.8, 4) is 11.3 Å². The Morgan fingerprint density at radius 3 is 2.46 bits per heavy atom. The number of nitrogens with zero attached hydrogens (tertiary/aromatic N) is 1. The van der Waals surface area contributed by atoms with E-state index in [-0.39, 0.29) is 5.91 Å². The molecule has 2 aromatic carbocycles. The Labute approximate surface area is 160 Å². The molecule has 0 atom stereocenters. The molecule has 1 N–H and O–H groups in total. The molecule has 6 heteroatoms. The van der Waals surface area contributed by atoms with Crippen LogP contribution in [0.4, 0.5) is 18.9 Å². The van der Waals surface area contributed by atoms with Gasteiger partial charge in [-0.2, -0.15) is 13.2 Å². The number of aromatic nitrogens is 1. The van der Waals surface area contributed by atoms with Gasteiger partial charge in [-0.25, -0.2) is 0 Å². The summed E-state index contributed by atoms with van der Waals surface area (Å²) in [6.45, 7) is 0. The molecule has 0 unspecified atom stereocenters. The van der Waals surface area contributed by atoms with E-state index in [1.165, 1.54) is 29.5 Å². The smallest absolute Gasteiger partial charge is 0.322 e. The molecule has 0 saturated heterocycles. The third-order valence-electron chi connectivity index (χ3n) is 4.89. The van der Waals surface area contributed by atoms with Crippen molar-refractivity contribution < 1.29 is 18.0 Å². The number of halogens is 3. The number of hydrogen-bond acceptors (Lipinski definition) is 2. The average Bonchev–Trinajstić information content (AvgIpc) is 3.15. The molecule has 0 bridgehead atoms. The van der Waals surface area contributed by atoms with Crippen LogP contribution < -0.4 is 5.32 Å². The highest BCUT2D eigenvalue weighted by atomic mass is 19.4. The second kappa shape index (κ2) is 7.11. The van der Waals surface area contributed by atoms with Crippen molar-refractivity contribution in [2.24, 2.45) is 0 Å². The van der Waals surface area contributed by atoms with Crippen molar-refractivity contribution in [3.05, 3.63) is 83.0 Å². The molecule has 4 rings (SSSR count). The van der Waals surface area contributed by atoms with E-state index in [1.54, 1.807) is 12.1 Å². The number of rotatable bonds is 3. The fourth-order valence-corrected chi connectivity index (χ4v) is 3.48. The molecular formula is C22H17F3N2O. The first-order chi connectivity index (χ1) is 13.4. The van der Waals surface area contributed by atoms with Gasteiger partial charge in [0.2, 0.25) is 0 Å². The summed E-state index contributed by atoms with van der Waals surface area (Å²) in [5, 5.41) is 2.87. The van der Waals surface area contributed by atoms with E-state index in [0.717, 1.165) is 31.4 Å². The summed E-state index contributed by atoms with van der Waals surface area (Å²) in [7, 11) is 0. The summed E-state index contributed by atoms with van der Waals surface area (Å²) in [6.07, 6.45) is 0.288. The fourth-order valence-electron chi connectivity index (χ4n) is 3.48. The Balaban J connectivity index is 1.61. The van der Waals surface area contributed by atoms with Crippen LogP contribution in [-0.4, -0.2) is 10.9 Å². The van der Waals surface area contributed by atoms with E-state index in [1.807, 2.05) is 18.2 Å². The lowest BCUT2D eigenvalue weighted by Gasteiger charge is -2.12. The summed E-state index contributed by atoms with van der Waals surface area (Å²) in [4.78, 5) is 17.0. The molecule has 0 aliphatic heterocycles. The zero-order chi connectivity index (χ0) is 19.7. The number of pyridine rings is 1. The van der Waals surface area contributed by atoms with Crippen LogP contribution in [0.1, 0.15) is 33.5 Å². The lowest BCUT2D eigenvalue weighted by atomic mass is 10.0. The summed E-state index contributed by atoms with van der Waals surface area (Å²) >= 11 is 0. The minimum atomic E-state index is -4.41. The molecule has 0 saturated carbocycles. The second-order valence-electron chi connectivity index (χ2n) is 6.77. The molecule has 1 aliphatic rings. The molecule has 1 aliphatic carbocycles. The van der Waals surface area contributed by atoms with E-state index in [9.17, 15) is 18.0 Å². The van der Waals surface area contributed by atoms with Crippen LogP contribution in [0.25, 0.3) is 11.3 Å². The Hall–Kier alpha value is -3.15. The Morgan fingerprint density at radius 2 is 1.71 bits per heavy atom. The maximum absolute atomic E-state index is 12.8. The number of nitrogens with one attached hydrogen (secondary N) is 1. The van der Waals surface area contributed by atoms with Crippen molar-refractivity contribution in [1.82, 2.24) is 4.98 Å². The molecule has 0 radical (unpaired) electrons. The van der Waals surface area contributed by atoms with Gasteiger partial charge in [0.1, 0.15) is 0 Å². The van der Waals surface area contributed by atoms with E-state index in [2.05, 4.69) is 10.3 Å². The predicted molar refractivity (Wildman–Crippen MR) is 101 cm³/mol. The zero-order valence-electron chi connectivity index (χ0n) is 14.9. The lowest BCUT2D eigenvalue weighted by molar-refractivity contribution is -0.137. The standard InChI is InChI=1S/C22H17F3N2O/c23-22(24,25)17-9-6-15(7-10-17)20-19(5-2-12-26-20)21(28)27-18-11-8-14-3-1-4-16(14)13-18/h2,5-13H,1,3-4H2,(H,27,28). The average molecular weight is 382 g/mol. The van der Waals surface area contributed by atoms with Crippen LogP contribution in [-0.2, 0) is 19.0 Å². The molecule has 3 nitrogen and oxygen atoms in total. The highest BCUT2D eigenvalue weighted by molar-refractivity contribution is 6.08. The van der Waals surface area contributed by atoms with Crippen LogP contribution in [0.15, 0.2) is 60.8 Å². The first-order valence-corrected chi connectivity index (χ1v) is 8.97. The number of carbonyl (C=O) groups is 1. The highest BCUT2D eigenvalue weighted by Gasteiger charge is 2.30. The number of aryl methyl sites for hydroxylation is 2. The summed E-state index contributed by atoms with van der Waals surface area (Å²) in [5.74, 6) is -0.346. The van der Waals surface area contributed by atoms with Crippen molar-refractivity contribution in [3.63, 3.8) is 0 Å². The van der Waals surface area contributed by atoms with E-state index < -0.39 is 11.7 Å². The number of hydrogen-bond donors (Lipinski definition) is 1. The molecular weight excluding hydrogens is 365 g/mol. The lowest BCUT2D eigenvalue weighted by Crippen LogP contribution is -2.14. The first-order valence-electron chi connectivity index (χ1n) is 8.97. The Kier molecular flexibility index (Phi) is 4.63. The van der Waals surface area contributed by atoms with Gasteiger partial charge in [0.05, 0.1) is 16.8 Å². The Morgan fingerprint density at radius 1 is 0.964 bits per heavy atom. The van der Waals surface area contributed by atoms with Gasteiger partial charge in [0.15, 0.2) is 0 Å². The van der Waals surface area contributed by atoms with Crippen LogP contribution in [0.5, 0.6) is 0 Å². The number of alkyl halides is 3. The van der Waals surface area contributed by atoms with Gasteiger partial charge in [0.25, 0.3) is 5.91 Å². The quantitative estimate of drug-likeness (QED) is 0.649. The molecule has 0 fully saturated rings. The van der Waals surface area contributed by atoms with Gasteiger partial charge in [0, 0.05) is 17.4 Å². The van der Waals surface area contributed by atoms with Crippen LogP contribution in [0.3, 0.4) is 0 Å². The van der Waals surface area contributed by atoms with Crippen molar-refractivity contribution in [1.29, 1.82) is 0 Å². The van der Waals surface area contributed by atoms with Gasteiger partial charge in [-0.3, -0.25) is 9.78 Å². The minimum absolute atomic E-state index is 0.308. The molecule has 1 heterocycles. The third-order valence-corrected chi connectivity index (χ3v) is 4.89. The minimum Gasteiger partial charge on any atom is -0.322 e. The largest absolute Gasteiger partial charge is 0.416 e. The summed E-state index contributed by atoms with van der Waals surface area (Å²) in [5.41, 5.74) is 3.62. The second-order valence-corrected chi connectivity index (χ2v) is 6.77. The maximum Gasteiger partial charge on any atom is 0.416 e. The first kappa shape index (κ1) is 18.2. The van der Waals surface area contributed by atoms with E-state index in [4.69, 9.17) is 0 Å². The maximum atomic E-state index is 12.8. The highest BCUT2D eigenvalue weighted by Crippen LogP contribution is 2.31. The molecule has 0 spiro atoms. The third kappa shape index (κ3) is 3.63. The van der Waals surface area contributed by atoms with Crippen molar-refractivity contribution >= 4 is 11.6 Å². The predicted octanol–water partition coefficient (Wildman–Crippen LogP) is 5.51. The van der Waals surface area contributed by atoms with E-state index >= 15 is 0 Å².